The molecule has 1 atom stereocenters. The molecule has 0 radical (unpaired) electrons. The van der Waals surface area contributed by atoms with Crippen molar-refractivity contribution in [3.63, 3.8) is 0 Å². The molecule has 0 aromatic carbocycles. The van der Waals surface area contributed by atoms with Crippen LogP contribution in [0.25, 0.3) is 22.7 Å². The zero-order chi connectivity index (χ0) is 22.0. The summed E-state index contributed by atoms with van der Waals surface area (Å²) in [6, 6.07) is 1.41. The van der Waals surface area contributed by atoms with Gasteiger partial charge < -0.3 is 0 Å². The first-order chi connectivity index (χ1) is 14.0. The first-order valence-electron chi connectivity index (χ1n) is 9.35. The molecule has 0 aliphatic heterocycles. The summed E-state index contributed by atoms with van der Waals surface area (Å²) in [6.45, 7) is 9.90. The van der Waals surface area contributed by atoms with Gasteiger partial charge in [-0.3, -0.25) is 4.21 Å². The number of aromatic nitrogens is 6. The number of hydrogen-bond donors (Lipinski definition) is 0. The summed E-state index contributed by atoms with van der Waals surface area (Å²) in [5, 5.41) is 13.2. The van der Waals surface area contributed by atoms with Crippen molar-refractivity contribution in [3.05, 3.63) is 34.6 Å². The molecule has 158 valence electrons. The molecule has 0 aliphatic carbocycles. The molecule has 4 aromatic rings. The number of hydrogen-bond acceptors (Lipinski definition) is 7. The van der Waals surface area contributed by atoms with Gasteiger partial charge in [0.05, 0.1) is 32.3 Å². The monoisotopic (exact) mass is 446 g/mol. The molecule has 0 bridgehead atoms. The van der Waals surface area contributed by atoms with Gasteiger partial charge in [0.25, 0.3) is 0 Å². The molecule has 0 saturated heterocycles. The Hall–Kier alpha value is -2.66. The SMILES string of the molecule is CCS(=O)c1c(-c2nc3cc(S(C)(=O)=O)cnn3n2)nn2c(C)c(C)c(C)c(C)c12. The van der Waals surface area contributed by atoms with Crippen molar-refractivity contribution < 1.29 is 12.6 Å². The molecule has 30 heavy (non-hydrogen) atoms. The first-order valence-corrected chi connectivity index (χ1v) is 12.6. The molecular weight excluding hydrogens is 424 g/mol. The van der Waals surface area contributed by atoms with Crippen LogP contribution in [0.3, 0.4) is 0 Å². The van der Waals surface area contributed by atoms with E-state index in [1.807, 2.05) is 34.6 Å². The molecule has 0 saturated carbocycles. The van der Waals surface area contributed by atoms with Crippen LogP contribution in [0.4, 0.5) is 0 Å². The highest BCUT2D eigenvalue weighted by molar-refractivity contribution is 7.90. The molecule has 9 nitrogen and oxygen atoms in total. The fourth-order valence-electron chi connectivity index (χ4n) is 3.44. The third kappa shape index (κ3) is 3.03. The molecule has 0 amide bonds. The van der Waals surface area contributed by atoms with Crippen LogP contribution in [0.5, 0.6) is 0 Å². The highest BCUT2D eigenvalue weighted by Crippen LogP contribution is 2.33. The highest BCUT2D eigenvalue weighted by atomic mass is 32.2. The van der Waals surface area contributed by atoms with Crippen molar-refractivity contribution >= 4 is 31.8 Å². The van der Waals surface area contributed by atoms with Crippen LogP contribution in [0.2, 0.25) is 0 Å². The van der Waals surface area contributed by atoms with E-state index in [2.05, 4.69) is 15.2 Å². The maximum Gasteiger partial charge on any atom is 0.205 e. The third-order valence-electron chi connectivity index (χ3n) is 5.49. The molecule has 4 rings (SSSR count). The molecule has 1 unspecified atom stereocenters. The van der Waals surface area contributed by atoms with Gasteiger partial charge in [-0.1, -0.05) is 6.92 Å². The summed E-state index contributed by atoms with van der Waals surface area (Å²) in [5.41, 5.74) is 5.70. The van der Waals surface area contributed by atoms with Crippen LogP contribution in [-0.2, 0) is 20.6 Å². The van der Waals surface area contributed by atoms with Crippen molar-refractivity contribution in [3.8, 4) is 11.5 Å². The van der Waals surface area contributed by atoms with Crippen molar-refractivity contribution in [1.29, 1.82) is 0 Å². The van der Waals surface area contributed by atoms with Gasteiger partial charge in [-0.05, 0) is 44.4 Å². The lowest BCUT2D eigenvalue weighted by Crippen LogP contribution is -2.03. The number of pyridine rings is 1. The summed E-state index contributed by atoms with van der Waals surface area (Å²) < 4.78 is 39.8. The van der Waals surface area contributed by atoms with Crippen LogP contribution in [-0.4, -0.2) is 54.1 Å². The van der Waals surface area contributed by atoms with Gasteiger partial charge in [-0.15, -0.1) is 9.73 Å². The van der Waals surface area contributed by atoms with Crippen molar-refractivity contribution in [2.75, 3.05) is 12.0 Å². The normalized spacial score (nSPS) is 13.4. The maximum absolute atomic E-state index is 13.0. The Morgan fingerprint density at radius 3 is 2.40 bits per heavy atom. The average Bonchev–Trinajstić information content (AvgIpc) is 3.30. The van der Waals surface area contributed by atoms with E-state index in [0.29, 0.717) is 16.3 Å². The summed E-state index contributed by atoms with van der Waals surface area (Å²) in [7, 11) is -4.74. The van der Waals surface area contributed by atoms with Crippen LogP contribution in [0, 0.1) is 27.7 Å². The summed E-state index contributed by atoms with van der Waals surface area (Å²) in [4.78, 5) is 5.09. The van der Waals surface area contributed by atoms with Crippen LogP contribution < -0.4 is 0 Å². The average molecular weight is 447 g/mol. The molecule has 0 N–H and O–H groups in total. The van der Waals surface area contributed by atoms with Crippen LogP contribution >= 0.6 is 0 Å². The third-order valence-corrected chi connectivity index (χ3v) is 7.94. The molecule has 0 fully saturated rings. The topological polar surface area (TPSA) is 112 Å². The minimum Gasteiger partial charge on any atom is -0.254 e. The second kappa shape index (κ2) is 6.95. The van der Waals surface area contributed by atoms with E-state index in [4.69, 9.17) is 5.10 Å². The molecular formula is C19H22N6O3S2. The van der Waals surface area contributed by atoms with Gasteiger partial charge >= 0.3 is 0 Å². The first kappa shape index (κ1) is 20.6. The number of fused-ring (bicyclic) bond motifs is 2. The Labute approximate surface area is 176 Å². The number of aryl methyl sites for hydroxylation is 2. The van der Waals surface area contributed by atoms with E-state index in [9.17, 15) is 12.6 Å². The smallest absolute Gasteiger partial charge is 0.205 e. The summed E-state index contributed by atoms with van der Waals surface area (Å²) in [5.74, 6) is 0.673. The molecule has 11 heteroatoms. The molecule has 0 spiro atoms. The lowest BCUT2D eigenvalue weighted by atomic mass is 10.0. The van der Waals surface area contributed by atoms with E-state index in [1.54, 1.807) is 4.52 Å². The Morgan fingerprint density at radius 1 is 1.07 bits per heavy atom. The largest absolute Gasteiger partial charge is 0.254 e. The van der Waals surface area contributed by atoms with E-state index in [-0.39, 0.29) is 16.4 Å². The van der Waals surface area contributed by atoms with Gasteiger partial charge in [-0.2, -0.15) is 10.2 Å². The molecule has 0 aliphatic rings. The molecule has 4 aromatic heterocycles. The fraction of sp³-hybridized carbons (Fsp3) is 0.368. The molecule has 4 heterocycles. The second-order valence-corrected chi connectivity index (χ2v) is 11.0. The van der Waals surface area contributed by atoms with E-state index in [0.717, 1.165) is 34.2 Å². The van der Waals surface area contributed by atoms with Gasteiger partial charge in [0.15, 0.2) is 15.5 Å². The Bertz CT molecular complexity index is 1470. The predicted octanol–water partition coefficient (Wildman–Crippen LogP) is 2.20. The lowest BCUT2D eigenvalue weighted by molar-refractivity contribution is 0.600. The van der Waals surface area contributed by atoms with Crippen LogP contribution in [0.15, 0.2) is 22.1 Å². The van der Waals surface area contributed by atoms with E-state index < -0.39 is 20.6 Å². The number of rotatable bonds is 4. The maximum atomic E-state index is 13.0. The van der Waals surface area contributed by atoms with Crippen LogP contribution in [0.1, 0.15) is 29.3 Å². The van der Waals surface area contributed by atoms with Gasteiger partial charge in [0, 0.05) is 23.8 Å². The zero-order valence-electron chi connectivity index (χ0n) is 17.6. The Morgan fingerprint density at radius 2 is 1.77 bits per heavy atom. The fourth-order valence-corrected chi connectivity index (χ4v) is 5.09. The Kier molecular flexibility index (Phi) is 4.77. The second-order valence-electron chi connectivity index (χ2n) is 7.28. The zero-order valence-corrected chi connectivity index (χ0v) is 19.2. The lowest BCUT2D eigenvalue weighted by Gasteiger charge is -2.12. The van der Waals surface area contributed by atoms with E-state index >= 15 is 0 Å². The standard InChI is InChI=1S/C19H22N6O3S2/c1-7-29(26)18-16(22-24-13(5)11(3)10(2)12(4)17(18)24)19-21-15-8-14(30(6,27)28)9-20-25(15)23-19/h8-9H,7H2,1-6H3. The van der Waals surface area contributed by atoms with Crippen molar-refractivity contribution in [1.82, 2.24) is 29.4 Å². The number of sulfone groups is 1. The predicted molar refractivity (Wildman–Crippen MR) is 114 cm³/mol. The van der Waals surface area contributed by atoms with Gasteiger partial charge in [0.2, 0.25) is 5.82 Å². The summed E-state index contributed by atoms with van der Waals surface area (Å²) >= 11 is 0. The minimum absolute atomic E-state index is 0.0549. The van der Waals surface area contributed by atoms with Crippen molar-refractivity contribution in [2.45, 2.75) is 44.4 Å². The van der Waals surface area contributed by atoms with E-state index in [1.165, 1.54) is 16.9 Å². The quantitative estimate of drug-likeness (QED) is 0.472. The van der Waals surface area contributed by atoms with Crippen molar-refractivity contribution in [2.24, 2.45) is 0 Å². The van der Waals surface area contributed by atoms with Gasteiger partial charge in [0.1, 0.15) is 5.69 Å². The minimum atomic E-state index is -3.43. The summed E-state index contributed by atoms with van der Waals surface area (Å²) in [6.07, 6.45) is 2.34. The number of nitrogens with zero attached hydrogens (tertiary/aromatic N) is 6. The Balaban J connectivity index is 2.07. The van der Waals surface area contributed by atoms with Gasteiger partial charge in [-0.25, -0.2) is 17.9 Å². The highest BCUT2D eigenvalue weighted by Gasteiger charge is 2.26.